The first kappa shape index (κ1) is 12.0. The number of hydrogen-bond donors (Lipinski definition) is 0. The van der Waals surface area contributed by atoms with Gasteiger partial charge in [-0.25, -0.2) is 8.78 Å². The summed E-state index contributed by atoms with van der Waals surface area (Å²) in [6.07, 6.45) is -2.53. The van der Waals surface area contributed by atoms with E-state index in [-0.39, 0.29) is 11.1 Å². The molecule has 1 heterocycles. The first-order valence-corrected chi connectivity index (χ1v) is 5.56. The van der Waals surface area contributed by atoms with Gasteiger partial charge >= 0.3 is 0 Å². The van der Waals surface area contributed by atoms with Gasteiger partial charge in [0.15, 0.2) is 0 Å². The molecule has 0 aliphatic heterocycles. The summed E-state index contributed by atoms with van der Waals surface area (Å²) < 4.78 is 27.2. The van der Waals surface area contributed by atoms with Crippen LogP contribution >= 0.6 is 0 Å². The van der Waals surface area contributed by atoms with Gasteiger partial charge in [-0.3, -0.25) is 4.68 Å². The lowest BCUT2D eigenvalue weighted by molar-refractivity contribution is 0.147. The molecule has 92 valence electrons. The van der Waals surface area contributed by atoms with Gasteiger partial charge in [0.25, 0.3) is 6.43 Å². The second kappa shape index (κ2) is 3.79. The van der Waals surface area contributed by atoms with Crippen LogP contribution in [-0.2, 0) is 12.5 Å². The van der Waals surface area contributed by atoms with Crippen LogP contribution in [0.2, 0.25) is 0 Å². The molecule has 0 aliphatic carbocycles. The van der Waals surface area contributed by atoms with Crippen molar-refractivity contribution in [2.24, 2.45) is 7.05 Å². The van der Waals surface area contributed by atoms with Crippen LogP contribution in [0.15, 0.2) is 18.2 Å². The monoisotopic (exact) mass is 238 g/mol. The molecule has 0 saturated carbocycles. The van der Waals surface area contributed by atoms with E-state index in [4.69, 9.17) is 0 Å². The Hall–Kier alpha value is -1.45. The third kappa shape index (κ3) is 2.04. The highest BCUT2D eigenvalue weighted by Gasteiger charge is 2.20. The van der Waals surface area contributed by atoms with Gasteiger partial charge in [-0.05, 0) is 23.1 Å². The lowest BCUT2D eigenvalue weighted by Gasteiger charge is -2.19. The highest BCUT2D eigenvalue weighted by Crippen LogP contribution is 2.31. The zero-order chi connectivity index (χ0) is 12.8. The van der Waals surface area contributed by atoms with E-state index in [9.17, 15) is 8.78 Å². The molecule has 0 saturated heterocycles. The molecule has 0 radical (unpaired) electrons. The molecule has 2 rings (SSSR count). The van der Waals surface area contributed by atoms with Crippen LogP contribution in [0.1, 0.15) is 38.5 Å². The van der Waals surface area contributed by atoms with Gasteiger partial charge < -0.3 is 0 Å². The molecule has 1 aromatic heterocycles. The summed E-state index contributed by atoms with van der Waals surface area (Å²) in [5.41, 5.74) is 1.60. The molecule has 4 heteroatoms. The Balaban J connectivity index is 2.71. The molecule has 0 fully saturated rings. The molecule has 17 heavy (non-hydrogen) atoms. The average Bonchev–Trinajstić information content (AvgIpc) is 2.54. The van der Waals surface area contributed by atoms with E-state index in [0.717, 1.165) is 11.1 Å². The highest BCUT2D eigenvalue weighted by atomic mass is 19.3. The fraction of sp³-hybridized carbons (Fsp3) is 0.462. The number of nitrogens with zero attached hydrogens (tertiary/aromatic N) is 2. The van der Waals surface area contributed by atoms with E-state index in [0.29, 0.717) is 5.39 Å². The van der Waals surface area contributed by atoms with Gasteiger partial charge in [-0.15, -0.1) is 0 Å². The number of halogens is 2. The predicted octanol–water partition coefficient (Wildman–Crippen LogP) is 3.81. The minimum atomic E-state index is -2.53. The topological polar surface area (TPSA) is 17.8 Å². The van der Waals surface area contributed by atoms with Crippen LogP contribution < -0.4 is 0 Å². The maximum absolute atomic E-state index is 12.9. The third-order valence-corrected chi connectivity index (χ3v) is 2.95. The zero-order valence-electron chi connectivity index (χ0n) is 10.5. The number of hydrogen-bond acceptors (Lipinski definition) is 1. The van der Waals surface area contributed by atoms with Crippen LogP contribution in [0.25, 0.3) is 10.9 Å². The van der Waals surface area contributed by atoms with E-state index in [1.54, 1.807) is 7.05 Å². The van der Waals surface area contributed by atoms with Crippen LogP contribution in [0, 0.1) is 0 Å². The summed E-state index contributed by atoms with van der Waals surface area (Å²) in [5, 5.41) is 4.43. The molecule has 0 aliphatic rings. The van der Waals surface area contributed by atoms with Gasteiger partial charge in [-0.2, -0.15) is 5.10 Å². The number of aryl methyl sites for hydroxylation is 1. The van der Waals surface area contributed by atoms with E-state index < -0.39 is 6.43 Å². The quantitative estimate of drug-likeness (QED) is 0.738. The van der Waals surface area contributed by atoms with Crippen molar-refractivity contribution in [3.05, 3.63) is 29.5 Å². The first-order valence-electron chi connectivity index (χ1n) is 5.56. The van der Waals surface area contributed by atoms with Gasteiger partial charge in [0.2, 0.25) is 0 Å². The Labute approximate surface area is 99.2 Å². The van der Waals surface area contributed by atoms with E-state index in [2.05, 4.69) is 25.9 Å². The molecular weight excluding hydrogens is 222 g/mol. The summed E-state index contributed by atoms with van der Waals surface area (Å²) in [5.74, 6) is 0. The van der Waals surface area contributed by atoms with Crippen molar-refractivity contribution >= 4 is 10.9 Å². The first-order chi connectivity index (χ1) is 7.80. The smallest absolute Gasteiger partial charge is 0.267 e. The maximum atomic E-state index is 12.9. The minimum Gasteiger partial charge on any atom is -0.267 e. The van der Waals surface area contributed by atoms with Crippen LogP contribution in [0.3, 0.4) is 0 Å². The Kier molecular flexibility index (Phi) is 2.68. The number of alkyl halides is 2. The van der Waals surface area contributed by atoms with Crippen molar-refractivity contribution in [1.29, 1.82) is 0 Å². The lowest BCUT2D eigenvalue weighted by atomic mass is 9.86. The highest BCUT2D eigenvalue weighted by molar-refractivity contribution is 5.83. The Morgan fingerprint density at radius 1 is 1.24 bits per heavy atom. The van der Waals surface area contributed by atoms with Crippen molar-refractivity contribution in [2.75, 3.05) is 0 Å². The molecule has 0 unspecified atom stereocenters. The summed E-state index contributed by atoms with van der Waals surface area (Å²) >= 11 is 0. The van der Waals surface area contributed by atoms with Gasteiger partial charge in [0, 0.05) is 12.4 Å². The molecule has 2 nitrogen and oxygen atoms in total. The molecule has 0 N–H and O–H groups in total. The number of rotatable bonds is 1. The van der Waals surface area contributed by atoms with Crippen molar-refractivity contribution in [3.63, 3.8) is 0 Å². The van der Waals surface area contributed by atoms with Crippen molar-refractivity contribution < 1.29 is 8.78 Å². The maximum Gasteiger partial charge on any atom is 0.282 e. The number of benzene rings is 1. The van der Waals surface area contributed by atoms with Crippen LogP contribution in [0.4, 0.5) is 8.78 Å². The molecule has 0 spiro atoms. The van der Waals surface area contributed by atoms with Crippen molar-refractivity contribution in [2.45, 2.75) is 32.6 Å². The van der Waals surface area contributed by atoms with E-state index >= 15 is 0 Å². The summed E-state index contributed by atoms with van der Waals surface area (Å²) in [4.78, 5) is 0. The van der Waals surface area contributed by atoms with E-state index in [1.807, 2.05) is 18.2 Å². The largest absolute Gasteiger partial charge is 0.282 e. The van der Waals surface area contributed by atoms with Crippen molar-refractivity contribution in [3.8, 4) is 0 Å². The molecule has 0 amide bonds. The Morgan fingerprint density at radius 3 is 2.41 bits per heavy atom. The SMILES string of the molecule is Cn1nc(C(F)F)c2cc(C(C)(C)C)ccc21. The van der Waals surface area contributed by atoms with Gasteiger partial charge in [0.05, 0.1) is 5.52 Å². The fourth-order valence-corrected chi connectivity index (χ4v) is 1.92. The Bertz CT molecular complexity index is 550. The number of aromatic nitrogens is 2. The molecule has 0 atom stereocenters. The molecule has 2 aromatic rings. The number of fused-ring (bicyclic) bond motifs is 1. The summed E-state index contributed by atoms with van der Waals surface area (Å²) in [6.45, 7) is 6.19. The minimum absolute atomic E-state index is 0.0522. The zero-order valence-corrected chi connectivity index (χ0v) is 10.5. The fourth-order valence-electron chi connectivity index (χ4n) is 1.92. The molecule has 1 aromatic carbocycles. The summed E-state index contributed by atoms with van der Waals surface area (Å²) in [6, 6.07) is 5.65. The normalized spacial score (nSPS) is 12.6. The standard InChI is InChI=1S/C13H16F2N2/c1-13(2,3)8-5-6-10-9(7-8)11(12(14)15)16-17(10)4/h5-7,12H,1-4H3. The third-order valence-electron chi connectivity index (χ3n) is 2.95. The predicted molar refractivity (Wildman–Crippen MR) is 64.4 cm³/mol. The average molecular weight is 238 g/mol. The summed E-state index contributed by atoms with van der Waals surface area (Å²) in [7, 11) is 1.69. The van der Waals surface area contributed by atoms with Crippen molar-refractivity contribution in [1.82, 2.24) is 9.78 Å². The van der Waals surface area contributed by atoms with Gasteiger partial charge in [0.1, 0.15) is 5.69 Å². The lowest BCUT2D eigenvalue weighted by Crippen LogP contribution is -2.10. The second-order valence-electron chi connectivity index (χ2n) is 5.29. The Morgan fingerprint density at radius 2 is 1.88 bits per heavy atom. The van der Waals surface area contributed by atoms with Gasteiger partial charge in [-0.1, -0.05) is 26.8 Å². The molecular formula is C13H16F2N2. The van der Waals surface area contributed by atoms with E-state index in [1.165, 1.54) is 4.68 Å². The van der Waals surface area contributed by atoms with Crippen LogP contribution in [-0.4, -0.2) is 9.78 Å². The van der Waals surface area contributed by atoms with Crippen LogP contribution in [0.5, 0.6) is 0 Å². The molecule has 0 bridgehead atoms. The second-order valence-corrected chi connectivity index (χ2v) is 5.29.